The fourth-order valence-corrected chi connectivity index (χ4v) is 0.610. The van der Waals surface area contributed by atoms with Crippen molar-refractivity contribution in [1.29, 1.82) is 0 Å². The van der Waals surface area contributed by atoms with Crippen LogP contribution in [-0.4, -0.2) is 81.5 Å². The first-order valence-corrected chi connectivity index (χ1v) is 5.71. The Morgan fingerprint density at radius 2 is 0.577 bits per heavy atom. The van der Waals surface area contributed by atoms with Crippen LogP contribution in [0, 0.1) is 0 Å². The van der Waals surface area contributed by atoms with E-state index >= 15 is 0 Å². The Labute approximate surface area is 152 Å². The zero-order valence-electron chi connectivity index (χ0n) is 16.1. The van der Waals surface area contributed by atoms with Crippen LogP contribution in [0.1, 0.15) is 41.5 Å². The van der Waals surface area contributed by atoms with Crippen molar-refractivity contribution >= 4 is 17.9 Å². The summed E-state index contributed by atoms with van der Waals surface area (Å²) in [5.74, 6) is -0.632. The molecule has 172 valence electrons. The van der Waals surface area contributed by atoms with Gasteiger partial charge < -0.3 is 58.0 Å². The van der Waals surface area contributed by atoms with E-state index in [2.05, 4.69) is 14.2 Å². The third kappa shape index (κ3) is 195. The van der Waals surface area contributed by atoms with Crippen LogP contribution in [0.2, 0.25) is 0 Å². The number of carbonyl (C=O) groups excluding carboxylic acids is 3. The first kappa shape index (κ1) is 75.0. The van der Waals surface area contributed by atoms with Gasteiger partial charge in [-0.2, -0.15) is 0 Å². The Balaban J connectivity index is -0.0000000125. The quantitative estimate of drug-likeness (QED) is 0.324. The summed E-state index contributed by atoms with van der Waals surface area (Å²) in [5, 5.41) is 0. The van der Waals surface area contributed by atoms with Gasteiger partial charge in [-0.25, -0.2) is 0 Å². The van der Waals surface area contributed by atoms with Crippen LogP contribution < -0.4 is 0 Å². The molecule has 0 radical (unpaired) electrons. The molecule has 14 nitrogen and oxygen atoms in total. The molecule has 0 aliphatic heterocycles. The maximum atomic E-state index is 9.82. The van der Waals surface area contributed by atoms with Gasteiger partial charge in [-0.3, -0.25) is 14.4 Å². The van der Waals surface area contributed by atoms with E-state index in [1.165, 1.54) is 20.8 Å². The summed E-state index contributed by atoms with van der Waals surface area (Å²) in [5.41, 5.74) is 0. The van der Waals surface area contributed by atoms with Crippen molar-refractivity contribution in [2.24, 2.45) is 0 Å². The zero-order chi connectivity index (χ0) is 15.0. The Hall–Kier alpha value is -1.91. The molecule has 0 saturated carbocycles. The molecule has 0 aliphatic rings. The monoisotopic (exact) mass is 408 g/mol. The van der Waals surface area contributed by atoms with Crippen LogP contribution >= 0.6 is 0 Å². The fraction of sp³-hybridized carbons (Fsp3) is 0.750. The molecule has 0 spiro atoms. The fourth-order valence-electron chi connectivity index (χ4n) is 0.610. The van der Waals surface area contributed by atoms with Crippen LogP contribution in [0.3, 0.4) is 0 Å². The Morgan fingerprint density at radius 1 is 0.462 bits per heavy atom. The Bertz CT molecular complexity index is 196. The first-order valence-electron chi connectivity index (χ1n) is 5.71. The molecule has 0 rings (SSSR count). The molecule has 0 unspecified atom stereocenters. The molecule has 0 aliphatic carbocycles. The van der Waals surface area contributed by atoms with Crippen LogP contribution in [0.4, 0.5) is 0 Å². The molecule has 14 heteroatoms. The molecule has 0 saturated heterocycles. The number of rotatable bonds is 3. The molecular formula is C12H40O14. The smallest absolute Gasteiger partial charge is 0.302 e. The van der Waals surface area contributed by atoms with Crippen molar-refractivity contribution < 1.29 is 72.4 Å². The van der Waals surface area contributed by atoms with Gasteiger partial charge in [0.05, 0.1) is 19.8 Å². The second kappa shape index (κ2) is 65.8. The van der Waals surface area contributed by atoms with Gasteiger partial charge in [0.15, 0.2) is 0 Å². The van der Waals surface area contributed by atoms with E-state index in [1.54, 1.807) is 20.8 Å². The maximum absolute atomic E-state index is 9.82. The summed E-state index contributed by atoms with van der Waals surface area (Å²) in [7, 11) is 0. The highest BCUT2D eigenvalue weighted by atomic mass is 16.5. The minimum Gasteiger partial charge on any atom is -0.466 e. The molecule has 0 amide bonds. The Kier molecular flexibility index (Phi) is 190. The SMILES string of the molecule is CCOC(C)=O.CCOC(C)=O.CCOC(C)=O.O.O.O.O.O.O.O.O. The van der Waals surface area contributed by atoms with E-state index in [-0.39, 0.29) is 61.7 Å². The van der Waals surface area contributed by atoms with Crippen LogP contribution in [0.15, 0.2) is 0 Å². The van der Waals surface area contributed by atoms with E-state index < -0.39 is 0 Å². The topological polar surface area (TPSA) is 331 Å². The standard InChI is InChI=1S/3C4H8O2.8H2O/c3*1-3-6-4(2)5;;;;;;;;/h3*3H2,1-2H3;8*1H2. The molecule has 16 N–H and O–H groups in total. The van der Waals surface area contributed by atoms with Crippen molar-refractivity contribution in [1.82, 2.24) is 0 Å². The highest BCUT2D eigenvalue weighted by molar-refractivity contribution is 5.66. The van der Waals surface area contributed by atoms with Crippen molar-refractivity contribution in [3.8, 4) is 0 Å². The summed E-state index contributed by atoms with van der Waals surface area (Å²) in [6, 6.07) is 0. The molecule has 26 heavy (non-hydrogen) atoms. The lowest BCUT2D eigenvalue weighted by molar-refractivity contribution is -0.141. The Morgan fingerprint density at radius 3 is 0.577 bits per heavy atom. The maximum Gasteiger partial charge on any atom is 0.302 e. The van der Waals surface area contributed by atoms with Gasteiger partial charge in [0.1, 0.15) is 0 Å². The number of hydrogen-bond donors (Lipinski definition) is 0. The summed E-state index contributed by atoms with van der Waals surface area (Å²) in [4.78, 5) is 29.5. The molecular weight excluding hydrogens is 368 g/mol. The zero-order valence-corrected chi connectivity index (χ0v) is 16.1. The molecule has 0 aromatic heterocycles. The molecule has 0 aromatic carbocycles. The van der Waals surface area contributed by atoms with Gasteiger partial charge in [-0.15, -0.1) is 0 Å². The molecule has 0 fully saturated rings. The van der Waals surface area contributed by atoms with Gasteiger partial charge in [0.2, 0.25) is 0 Å². The predicted octanol–water partition coefficient (Wildman–Crippen LogP) is -4.89. The first-order chi connectivity index (χ1) is 8.31. The second-order valence-corrected chi connectivity index (χ2v) is 2.77. The van der Waals surface area contributed by atoms with Crippen molar-refractivity contribution in [2.75, 3.05) is 19.8 Å². The average molecular weight is 408 g/mol. The van der Waals surface area contributed by atoms with Crippen molar-refractivity contribution in [3.63, 3.8) is 0 Å². The molecule has 0 heterocycles. The third-order valence-corrected chi connectivity index (χ3v) is 1.04. The number of ether oxygens (including phenoxy) is 3. The molecule has 0 atom stereocenters. The minimum absolute atomic E-state index is 0. The predicted molar refractivity (Wildman–Crippen MR) is 95.8 cm³/mol. The molecule has 0 bridgehead atoms. The van der Waals surface area contributed by atoms with E-state index in [9.17, 15) is 14.4 Å². The summed E-state index contributed by atoms with van der Waals surface area (Å²) in [6.45, 7) is 11.0. The summed E-state index contributed by atoms with van der Waals surface area (Å²) < 4.78 is 13.2. The summed E-state index contributed by atoms with van der Waals surface area (Å²) in [6.07, 6.45) is 0. The number of esters is 3. The van der Waals surface area contributed by atoms with E-state index in [1.807, 2.05) is 0 Å². The van der Waals surface area contributed by atoms with Gasteiger partial charge in [-0.1, -0.05) is 0 Å². The van der Waals surface area contributed by atoms with Crippen LogP contribution in [0.5, 0.6) is 0 Å². The van der Waals surface area contributed by atoms with Crippen LogP contribution in [-0.2, 0) is 28.6 Å². The highest BCUT2D eigenvalue weighted by Gasteiger charge is 1.82. The van der Waals surface area contributed by atoms with E-state index in [0.717, 1.165) is 0 Å². The molecule has 0 aromatic rings. The number of hydrogen-bond acceptors (Lipinski definition) is 6. The minimum atomic E-state index is -0.211. The van der Waals surface area contributed by atoms with Crippen molar-refractivity contribution in [3.05, 3.63) is 0 Å². The third-order valence-electron chi connectivity index (χ3n) is 1.04. The van der Waals surface area contributed by atoms with Gasteiger partial charge in [0.25, 0.3) is 0 Å². The van der Waals surface area contributed by atoms with Gasteiger partial charge >= 0.3 is 17.9 Å². The highest BCUT2D eigenvalue weighted by Crippen LogP contribution is 1.70. The van der Waals surface area contributed by atoms with Gasteiger partial charge in [0, 0.05) is 20.8 Å². The lowest BCUT2D eigenvalue weighted by Gasteiger charge is -1.89. The lowest BCUT2D eigenvalue weighted by Crippen LogP contribution is -1.95. The van der Waals surface area contributed by atoms with E-state index in [0.29, 0.717) is 19.8 Å². The normalized spacial score (nSPS) is 5.31. The van der Waals surface area contributed by atoms with Crippen LogP contribution in [0.25, 0.3) is 0 Å². The second-order valence-electron chi connectivity index (χ2n) is 2.77. The summed E-state index contributed by atoms with van der Waals surface area (Å²) >= 11 is 0. The van der Waals surface area contributed by atoms with Gasteiger partial charge in [-0.05, 0) is 20.8 Å². The average Bonchev–Trinajstić information content (AvgIpc) is 2.18. The number of carbonyl (C=O) groups is 3. The van der Waals surface area contributed by atoms with Crippen molar-refractivity contribution in [2.45, 2.75) is 41.5 Å². The van der Waals surface area contributed by atoms with E-state index in [4.69, 9.17) is 0 Å². The lowest BCUT2D eigenvalue weighted by atomic mass is 10.8. The largest absolute Gasteiger partial charge is 0.466 e.